The Balaban J connectivity index is 2.26. The monoisotopic (exact) mass is 245 g/mol. The van der Waals surface area contributed by atoms with E-state index in [0.717, 1.165) is 6.42 Å². The van der Waals surface area contributed by atoms with Gasteiger partial charge in [0, 0.05) is 19.8 Å². The molecule has 0 fully saturated rings. The maximum Gasteiger partial charge on any atom is 0.0670 e. The minimum atomic E-state index is 0.158. The number of anilines is 1. The highest BCUT2D eigenvalue weighted by molar-refractivity contribution is 5.49. The smallest absolute Gasteiger partial charge is 0.0670 e. The number of nitrogens with one attached hydrogen (secondary N) is 1. The summed E-state index contributed by atoms with van der Waals surface area (Å²) in [5.41, 5.74) is 6.86. The number of nitrogens with two attached hydrogens (primary N) is 1. The van der Waals surface area contributed by atoms with Crippen molar-refractivity contribution >= 4 is 5.69 Å². The number of hydrogen-bond acceptors (Lipinski definition) is 3. The highest BCUT2D eigenvalue weighted by Gasteiger charge is 2.17. The Morgan fingerprint density at radius 2 is 2.11 bits per heavy atom. The molecule has 3 nitrogen and oxygen atoms in total. The summed E-state index contributed by atoms with van der Waals surface area (Å²) in [6.07, 6.45) is 7.26. The molecule has 0 bridgehead atoms. The summed E-state index contributed by atoms with van der Waals surface area (Å²) < 4.78 is 0. The van der Waals surface area contributed by atoms with Crippen LogP contribution in [-0.2, 0) is 0 Å². The van der Waals surface area contributed by atoms with Crippen molar-refractivity contribution in [3.8, 4) is 0 Å². The van der Waals surface area contributed by atoms with E-state index < -0.39 is 0 Å². The highest BCUT2D eigenvalue weighted by Crippen LogP contribution is 2.30. The van der Waals surface area contributed by atoms with Crippen LogP contribution in [-0.4, -0.2) is 14.1 Å². The summed E-state index contributed by atoms with van der Waals surface area (Å²) in [5, 5.41) is 0. The van der Waals surface area contributed by atoms with Crippen LogP contribution in [0.4, 0.5) is 5.69 Å². The van der Waals surface area contributed by atoms with Gasteiger partial charge in [0.15, 0.2) is 0 Å². The molecule has 2 rings (SSSR count). The molecule has 1 aliphatic carbocycles. The fraction of sp³-hybridized carbons (Fsp3) is 0.467. The van der Waals surface area contributed by atoms with Crippen molar-refractivity contribution in [1.82, 2.24) is 5.43 Å². The second-order valence-electron chi connectivity index (χ2n) is 5.11. The maximum absolute atomic E-state index is 5.76. The van der Waals surface area contributed by atoms with Gasteiger partial charge in [0.25, 0.3) is 0 Å². The van der Waals surface area contributed by atoms with Gasteiger partial charge in [-0.1, -0.05) is 23.8 Å². The van der Waals surface area contributed by atoms with Crippen LogP contribution in [0, 0.1) is 0 Å². The highest BCUT2D eigenvalue weighted by atomic mass is 15.2. The van der Waals surface area contributed by atoms with Gasteiger partial charge in [-0.05, 0) is 43.4 Å². The predicted octanol–water partition coefficient (Wildman–Crippen LogP) is 2.76. The van der Waals surface area contributed by atoms with Crippen molar-refractivity contribution < 1.29 is 0 Å². The summed E-state index contributed by atoms with van der Waals surface area (Å²) >= 11 is 0. The first-order valence-electron chi connectivity index (χ1n) is 6.64. The summed E-state index contributed by atoms with van der Waals surface area (Å²) in [7, 11) is 4.12. The number of allylic oxidation sites excluding steroid dienone is 1. The summed E-state index contributed by atoms with van der Waals surface area (Å²) in [5.74, 6) is 5.76. The lowest BCUT2D eigenvalue weighted by Crippen LogP contribution is -2.30. The Morgan fingerprint density at radius 3 is 2.72 bits per heavy atom. The van der Waals surface area contributed by atoms with E-state index in [0.29, 0.717) is 0 Å². The number of rotatable bonds is 4. The van der Waals surface area contributed by atoms with Crippen molar-refractivity contribution in [2.24, 2.45) is 5.84 Å². The topological polar surface area (TPSA) is 41.3 Å². The van der Waals surface area contributed by atoms with Crippen molar-refractivity contribution in [3.05, 3.63) is 41.5 Å². The minimum Gasteiger partial charge on any atom is -0.378 e. The van der Waals surface area contributed by atoms with Crippen LogP contribution in [0.2, 0.25) is 0 Å². The first-order chi connectivity index (χ1) is 8.72. The Bertz CT molecular complexity index is 424. The molecule has 3 N–H and O–H groups in total. The first kappa shape index (κ1) is 13.1. The van der Waals surface area contributed by atoms with Crippen LogP contribution in [0.1, 0.15) is 37.3 Å². The van der Waals surface area contributed by atoms with Gasteiger partial charge in [-0.25, -0.2) is 5.43 Å². The molecule has 1 aromatic carbocycles. The molecule has 1 atom stereocenters. The normalized spacial score (nSPS) is 17.2. The van der Waals surface area contributed by atoms with Gasteiger partial charge in [-0.2, -0.15) is 0 Å². The van der Waals surface area contributed by atoms with E-state index in [1.165, 1.54) is 36.1 Å². The zero-order valence-electron chi connectivity index (χ0n) is 11.3. The van der Waals surface area contributed by atoms with Gasteiger partial charge >= 0.3 is 0 Å². The maximum atomic E-state index is 5.76. The lowest BCUT2D eigenvalue weighted by molar-refractivity contribution is 0.566. The van der Waals surface area contributed by atoms with E-state index in [1.807, 2.05) is 0 Å². The predicted molar refractivity (Wildman–Crippen MR) is 77.4 cm³/mol. The average Bonchev–Trinajstić information content (AvgIpc) is 2.41. The molecule has 1 unspecified atom stereocenters. The largest absolute Gasteiger partial charge is 0.378 e. The summed E-state index contributed by atoms with van der Waals surface area (Å²) in [6.45, 7) is 0. The van der Waals surface area contributed by atoms with Crippen molar-refractivity contribution in [2.45, 2.75) is 31.7 Å². The Hall–Kier alpha value is -1.32. The van der Waals surface area contributed by atoms with Crippen LogP contribution < -0.4 is 16.2 Å². The average molecular weight is 245 g/mol. The van der Waals surface area contributed by atoms with Crippen LogP contribution in [0.15, 0.2) is 35.9 Å². The molecular formula is C15H23N3. The van der Waals surface area contributed by atoms with Gasteiger partial charge in [0.05, 0.1) is 6.04 Å². The molecule has 0 saturated heterocycles. The van der Waals surface area contributed by atoms with Gasteiger partial charge < -0.3 is 4.90 Å². The van der Waals surface area contributed by atoms with Crippen molar-refractivity contribution in [1.29, 1.82) is 0 Å². The molecule has 3 heteroatoms. The molecule has 1 aliphatic rings. The van der Waals surface area contributed by atoms with Crippen molar-refractivity contribution in [3.63, 3.8) is 0 Å². The Labute approximate surface area is 110 Å². The SMILES string of the molecule is CN(C)c1cccc(C(NN)C2=CCCCC2)c1. The van der Waals surface area contributed by atoms with E-state index in [2.05, 4.69) is 54.8 Å². The second kappa shape index (κ2) is 6.03. The van der Waals surface area contributed by atoms with Gasteiger partial charge in [0.1, 0.15) is 0 Å². The standard InChI is InChI=1S/C15H23N3/c1-18(2)14-10-6-9-13(11-14)15(17-16)12-7-4-3-5-8-12/h6-7,9-11,15,17H,3-5,8,16H2,1-2H3. The molecule has 0 saturated carbocycles. The molecule has 1 aromatic rings. The van der Waals surface area contributed by atoms with Gasteiger partial charge in [-0.3, -0.25) is 5.84 Å². The number of hydrogen-bond donors (Lipinski definition) is 2. The minimum absolute atomic E-state index is 0.158. The van der Waals surface area contributed by atoms with Gasteiger partial charge in [-0.15, -0.1) is 0 Å². The van der Waals surface area contributed by atoms with E-state index in [1.54, 1.807) is 0 Å². The molecule has 18 heavy (non-hydrogen) atoms. The fourth-order valence-electron chi connectivity index (χ4n) is 2.53. The third-order valence-corrected chi connectivity index (χ3v) is 3.58. The third-order valence-electron chi connectivity index (χ3n) is 3.58. The number of benzene rings is 1. The lowest BCUT2D eigenvalue weighted by atomic mass is 9.90. The van der Waals surface area contributed by atoms with E-state index in [4.69, 9.17) is 5.84 Å². The fourth-order valence-corrected chi connectivity index (χ4v) is 2.53. The molecule has 0 spiro atoms. The van der Waals surface area contributed by atoms with Crippen LogP contribution in [0.5, 0.6) is 0 Å². The third kappa shape index (κ3) is 2.92. The van der Waals surface area contributed by atoms with E-state index in [-0.39, 0.29) is 6.04 Å². The molecule has 98 valence electrons. The molecule has 0 amide bonds. The van der Waals surface area contributed by atoms with Gasteiger partial charge in [0.2, 0.25) is 0 Å². The lowest BCUT2D eigenvalue weighted by Gasteiger charge is -2.24. The Morgan fingerprint density at radius 1 is 1.28 bits per heavy atom. The molecule has 0 heterocycles. The number of hydrazine groups is 1. The first-order valence-corrected chi connectivity index (χ1v) is 6.64. The summed E-state index contributed by atoms with van der Waals surface area (Å²) in [6, 6.07) is 8.72. The zero-order chi connectivity index (χ0) is 13.0. The number of nitrogens with zero attached hydrogens (tertiary/aromatic N) is 1. The molecule has 0 radical (unpaired) electrons. The quantitative estimate of drug-likeness (QED) is 0.487. The van der Waals surface area contributed by atoms with Crippen LogP contribution in [0.3, 0.4) is 0 Å². The summed E-state index contributed by atoms with van der Waals surface area (Å²) in [4.78, 5) is 2.12. The van der Waals surface area contributed by atoms with E-state index >= 15 is 0 Å². The van der Waals surface area contributed by atoms with E-state index in [9.17, 15) is 0 Å². The molecule has 0 aromatic heterocycles. The molecule has 0 aliphatic heterocycles. The van der Waals surface area contributed by atoms with Crippen molar-refractivity contribution in [2.75, 3.05) is 19.0 Å². The molecular weight excluding hydrogens is 222 g/mol. The second-order valence-corrected chi connectivity index (χ2v) is 5.11. The zero-order valence-corrected chi connectivity index (χ0v) is 11.3. The van der Waals surface area contributed by atoms with Crippen LogP contribution in [0.25, 0.3) is 0 Å². The van der Waals surface area contributed by atoms with Crippen LogP contribution >= 0.6 is 0 Å². The Kier molecular flexibility index (Phi) is 4.39.